The molecular weight excluding hydrogens is 213 g/mol. The summed E-state index contributed by atoms with van der Waals surface area (Å²) >= 11 is 0. The highest BCUT2D eigenvalue weighted by Crippen LogP contribution is 2.18. The molecule has 0 fully saturated rings. The number of nitrogens with zero attached hydrogens (tertiary/aromatic N) is 3. The maximum absolute atomic E-state index is 13.3. The third kappa shape index (κ3) is 2.47. The summed E-state index contributed by atoms with van der Waals surface area (Å²) in [6.45, 7) is 1.70. The van der Waals surface area contributed by atoms with Gasteiger partial charge in [0.25, 0.3) is 0 Å². The molecule has 84 valence electrons. The Balaban J connectivity index is 3.20. The van der Waals surface area contributed by atoms with Crippen molar-refractivity contribution in [2.24, 2.45) is 9.98 Å². The molecule has 0 aliphatic heterocycles. The van der Waals surface area contributed by atoms with Gasteiger partial charge in [0.1, 0.15) is 0 Å². The van der Waals surface area contributed by atoms with E-state index in [4.69, 9.17) is 0 Å². The van der Waals surface area contributed by atoms with E-state index in [0.717, 1.165) is 12.1 Å². The highest BCUT2D eigenvalue weighted by molar-refractivity contribution is 6.02. The topological polar surface area (TPSA) is 67.9 Å². The molecule has 0 unspecified atom stereocenters. The quantitative estimate of drug-likeness (QED) is 0.334. The van der Waals surface area contributed by atoms with Gasteiger partial charge in [-0.3, -0.25) is 15.1 Å². The van der Waals surface area contributed by atoms with Gasteiger partial charge in [-0.25, -0.2) is 4.99 Å². The smallest absolute Gasteiger partial charge is 0.270 e. The zero-order valence-electron chi connectivity index (χ0n) is 8.85. The predicted molar refractivity (Wildman–Crippen MR) is 59.7 cm³/mol. The minimum Gasteiger partial charge on any atom is -0.270 e. The predicted octanol–water partition coefficient (Wildman–Crippen LogP) is 2.20. The van der Waals surface area contributed by atoms with Crippen LogP contribution in [-0.4, -0.2) is 24.0 Å². The van der Waals surface area contributed by atoms with Gasteiger partial charge >= 0.3 is 5.69 Å². The molecule has 0 heterocycles. The van der Waals surface area contributed by atoms with E-state index in [1.165, 1.54) is 19.3 Å². The molecule has 1 aromatic carbocycles. The summed E-state index contributed by atoms with van der Waals surface area (Å²) in [4.78, 5) is 17.4. The Morgan fingerprint density at radius 1 is 1.56 bits per heavy atom. The van der Waals surface area contributed by atoms with Crippen molar-refractivity contribution >= 4 is 17.7 Å². The van der Waals surface area contributed by atoms with Crippen molar-refractivity contribution < 1.29 is 9.31 Å². The average Bonchev–Trinajstić information content (AvgIpc) is 2.25. The number of nitro benzene ring substituents is 1. The summed E-state index contributed by atoms with van der Waals surface area (Å²) in [6.07, 6.45) is 1.52. The van der Waals surface area contributed by atoms with Gasteiger partial charge in [0, 0.05) is 24.9 Å². The maximum atomic E-state index is 13.3. The zero-order chi connectivity index (χ0) is 12.1. The van der Waals surface area contributed by atoms with Crippen LogP contribution in [0.15, 0.2) is 28.2 Å². The monoisotopic (exact) mass is 223 g/mol. The lowest BCUT2D eigenvalue weighted by atomic mass is 10.2. The molecule has 0 saturated heterocycles. The lowest BCUT2D eigenvalue weighted by Crippen LogP contribution is -2.00. The van der Waals surface area contributed by atoms with E-state index >= 15 is 0 Å². The van der Waals surface area contributed by atoms with Crippen LogP contribution in [0.4, 0.5) is 10.1 Å². The first-order valence-electron chi connectivity index (χ1n) is 4.50. The zero-order valence-corrected chi connectivity index (χ0v) is 8.85. The molecule has 0 N–H and O–H groups in total. The lowest BCUT2D eigenvalue weighted by Gasteiger charge is -2.00. The van der Waals surface area contributed by atoms with Crippen LogP contribution in [0.3, 0.4) is 0 Å². The van der Waals surface area contributed by atoms with Crippen molar-refractivity contribution in [2.45, 2.75) is 6.92 Å². The van der Waals surface area contributed by atoms with Crippen LogP contribution in [-0.2, 0) is 0 Å². The van der Waals surface area contributed by atoms with Crippen molar-refractivity contribution in [2.75, 3.05) is 7.05 Å². The van der Waals surface area contributed by atoms with E-state index < -0.39 is 16.4 Å². The van der Waals surface area contributed by atoms with Gasteiger partial charge in [0.2, 0.25) is 5.82 Å². The lowest BCUT2D eigenvalue weighted by molar-refractivity contribution is -0.387. The minimum absolute atomic E-state index is 0.330. The molecule has 6 heteroatoms. The normalized spacial score (nSPS) is 12.1. The number of amidine groups is 1. The molecule has 0 aromatic heterocycles. The number of hydrogen-bond donors (Lipinski definition) is 0. The first-order valence-corrected chi connectivity index (χ1v) is 4.50. The van der Waals surface area contributed by atoms with Gasteiger partial charge in [-0.2, -0.15) is 4.39 Å². The molecule has 0 atom stereocenters. The van der Waals surface area contributed by atoms with Gasteiger partial charge in [0.15, 0.2) is 5.84 Å². The summed E-state index contributed by atoms with van der Waals surface area (Å²) in [5.74, 6) is -0.564. The summed E-state index contributed by atoms with van der Waals surface area (Å²) in [5.41, 5.74) is -0.150. The second-order valence-electron chi connectivity index (χ2n) is 2.86. The number of benzene rings is 1. The second-order valence-corrected chi connectivity index (χ2v) is 2.86. The fourth-order valence-corrected chi connectivity index (χ4v) is 1.18. The Morgan fingerprint density at radius 3 is 2.69 bits per heavy atom. The van der Waals surface area contributed by atoms with Gasteiger partial charge in [-0.15, -0.1) is 0 Å². The first-order chi connectivity index (χ1) is 7.60. The molecule has 0 saturated carbocycles. The highest BCUT2D eigenvalue weighted by atomic mass is 19.1. The van der Waals surface area contributed by atoms with E-state index in [1.807, 2.05) is 0 Å². The van der Waals surface area contributed by atoms with E-state index in [-0.39, 0.29) is 0 Å². The Kier molecular flexibility index (Phi) is 3.82. The number of halogens is 1. The standard InChI is InChI=1S/C10H10FN3O2/c1-3-13-10(12-2)7-4-5-9(14(15)16)8(11)6-7/h3-6H,1-2H3/b12-10-,13-3-. The van der Waals surface area contributed by atoms with Crippen molar-refractivity contribution in [1.29, 1.82) is 0 Å². The van der Waals surface area contributed by atoms with Crippen molar-refractivity contribution in [3.05, 3.63) is 39.7 Å². The number of nitro groups is 1. The largest absolute Gasteiger partial charge is 0.304 e. The Bertz CT molecular complexity index is 469. The van der Waals surface area contributed by atoms with Gasteiger partial charge in [-0.1, -0.05) is 0 Å². The molecule has 0 aliphatic carbocycles. The van der Waals surface area contributed by atoms with E-state index in [2.05, 4.69) is 9.98 Å². The van der Waals surface area contributed by atoms with E-state index in [0.29, 0.717) is 11.4 Å². The second kappa shape index (κ2) is 5.11. The summed E-state index contributed by atoms with van der Waals surface area (Å²) in [7, 11) is 1.52. The molecule has 0 aliphatic rings. The van der Waals surface area contributed by atoms with Crippen LogP contribution in [0, 0.1) is 15.9 Å². The van der Waals surface area contributed by atoms with Crippen molar-refractivity contribution in [1.82, 2.24) is 0 Å². The summed E-state index contributed by atoms with van der Waals surface area (Å²) in [6, 6.07) is 3.56. The van der Waals surface area contributed by atoms with Gasteiger partial charge in [-0.05, 0) is 19.1 Å². The fourth-order valence-electron chi connectivity index (χ4n) is 1.18. The molecule has 0 bridgehead atoms. The van der Waals surface area contributed by atoms with Crippen LogP contribution in [0.25, 0.3) is 0 Å². The van der Waals surface area contributed by atoms with Crippen LogP contribution in [0.1, 0.15) is 12.5 Å². The van der Waals surface area contributed by atoms with E-state index in [9.17, 15) is 14.5 Å². The van der Waals surface area contributed by atoms with Crippen LogP contribution in [0.5, 0.6) is 0 Å². The molecule has 16 heavy (non-hydrogen) atoms. The van der Waals surface area contributed by atoms with Crippen LogP contribution >= 0.6 is 0 Å². The third-order valence-electron chi connectivity index (χ3n) is 1.87. The SMILES string of the molecule is C/C=N\C(=N/C)c1ccc([N+](=O)[O-])c(F)c1. The molecule has 0 spiro atoms. The summed E-state index contributed by atoms with van der Waals surface area (Å²) in [5, 5.41) is 10.4. The molecule has 0 amide bonds. The molecule has 1 aromatic rings. The Morgan fingerprint density at radius 2 is 2.25 bits per heavy atom. The number of aliphatic imine (C=N–C) groups is 2. The average molecular weight is 223 g/mol. The van der Waals surface area contributed by atoms with Crippen LogP contribution in [0.2, 0.25) is 0 Å². The fraction of sp³-hybridized carbons (Fsp3) is 0.200. The highest BCUT2D eigenvalue weighted by Gasteiger charge is 2.15. The third-order valence-corrected chi connectivity index (χ3v) is 1.87. The van der Waals surface area contributed by atoms with E-state index in [1.54, 1.807) is 6.92 Å². The Labute approximate surface area is 91.5 Å². The minimum atomic E-state index is -0.894. The van der Waals surface area contributed by atoms with Gasteiger partial charge in [0.05, 0.1) is 4.92 Å². The van der Waals surface area contributed by atoms with Crippen molar-refractivity contribution in [3.8, 4) is 0 Å². The van der Waals surface area contributed by atoms with Gasteiger partial charge < -0.3 is 0 Å². The Hall–Kier alpha value is -2.11. The molecule has 1 rings (SSSR count). The summed E-state index contributed by atoms with van der Waals surface area (Å²) < 4.78 is 13.3. The van der Waals surface area contributed by atoms with Crippen LogP contribution < -0.4 is 0 Å². The molecule has 0 radical (unpaired) electrons. The van der Waals surface area contributed by atoms with Crippen molar-refractivity contribution in [3.63, 3.8) is 0 Å². The molecular formula is C10H10FN3O2. The molecule has 5 nitrogen and oxygen atoms in total. The number of rotatable bonds is 2. The number of hydrogen-bond acceptors (Lipinski definition) is 3. The maximum Gasteiger partial charge on any atom is 0.304 e. The first kappa shape index (κ1) is 12.0.